The third-order valence-corrected chi connectivity index (χ3v) is 3.40. The van der Waals surface area contributed by atoms with E-state index in [1.54, 1.807) is 6.08 Å². The van der Waals surface area contributed by atoms with Gasteiger partial charge in [-0.1, -0.05) is 23.3 Å². The van der Waals surface area contributed by atoms with E-state index in [-0.39, 0.29) is 11.9 Å². The molecule has 0 bridgehead atoms. The highest BCUT2D eigenvalue weighted by molar-refractivity contribution is 5.88. The van der Waals surface area contributed by atoms with E-state index in [1.807, 2.05) is 13.8 Å². The lowest BCUT2D eigenvalue weighted by Gasteiger charge is -2.16. The molecule has 2 nitrogen and oxygen atoms in total. The average Bonchev–Trinajstić information content (AvgIpc) is 2.59. The Morgan fingerprint density at radius 1 is 1.33 bits per heavy atom. The summed E-state index contributed by atoms with van der Waals surface area (Å²) in [6, 6.07) is 4.63. The number of allylic oxidation sites excluding steroid dienone is 1. The Hall–Kier alpha value is -1.57. The van der Waals surface area contributed by atoms with Crippen LogP contribution in [0.2, 0.25) is 0 Å². The summed E-state index contributed by atoms with van der Waals surface area (Å²) in [6.45, 7) is 8.15. The first kappa shape index (κ1) is 12.9. The molecular formula is C16H21NO. The van der Waals surface area contributed by atoms with E-state index >= 15 is 0 Å². The standard InChI is InChI=1S/C16H21NO/c1-10(2)7-15(18)17-14-6-5-13-9-11(3)8-12(4)16(13)14/h7-9,14H,5-6H2,1-4H3,(H,17,18). The molecule has 2 rings (SSSR count). The number of rotatable bonds is 2. The van der Waals surface area contributed by atoms with Crippen LogP contribution in [0.5, 0.6) is 0 Å². The van der Waals surface area contributed by atoms with E-state index in [0.29, 0.717) is 0 Å². The molecule has 1 unspecified atom stereocenters. The Balaban J connectivity index is 2.22. The van der Waals surface area contributed by atoms with Crippen LogP contribution in [0.15, 0.2) is 23.8 Å². The molecule has 2 heteroatoms. The molecule has 0 fully saturated rings. The van der Waals surface area contributed by atoms with Crippen LogP contribution in [0, 0.1) is 13.8 Å². The number of carbonyl (C=O) groups excluding carboxylic acids is 1. The van der Waals surface area contributed by atoms with Crippen molar-refractivity contribution in [1.82, 2.24) is 5.32 Å². The minimum Gasteiger partial charge on any atom is -0.346 e. The molecular weight excluding hydrogens is 222 g/mol. The van der Waals surface area contributed by atoms with E-state index in [9.17, 15) is 4.79 Å². The Morgan fingerprint density at radius 2 is 2.06 bits per heavy atom. The molecule has 0 saturated carbocycles. The van der Waals surface area contributed by atoms with Crippen LogP contribution < -0.4 is 5.32 Å². The van der Waals surface area contributed by atoms with Gasteiger partial charge < -0.3 is 5.32 Å². The number of hydrogen-bond acceptors (Lipinski definition) is 1. The number of carbonyl (C=O) groups is 1. The fourth-order valence-corrected chi connectivity index (χ4v) is 2.84. The van der Waals surface area contributed by atoms with Crippen molar-refractivity contribution < 1.29 is 4.79 Å². The third kappa shape index (κ3) is 2.63. The van der Waals surface area contributed by atoms with Crippen LogP contribution in [-0.4, -0.2) is 5.91 Å². The molecule has 0 heterocycles. The molecule has 96 valence electrons. The van der Waals surface area contributed by atoms with Crippen molar-refractivity contribution in [2.45, 2.75) is 46.6 Å². The van der Waals surface area contributed by atoms with Crippen molar-refractivity contribution >= 4 is 5.91 Å². The van der Waals surface area contributed by atoms with E-state index < -0.39 is 0 Å². The number of nitrogens with one attached hydrogen (secondary N) is 1. The zero-order valence-corrected chi connectivity index (χ0v) is 11.6. The molecule has 1 aliphatic carbocycles. The number of hydrogen-bond donors (Lipinski definition) is 1. The lowest BCUT2D eigenvalue weighted by Crippen LogP contribution is -2.25. The van der Waals surface area contributed by atoms with Crippen LogP contribution in [0.3, 0.4) is 0 Å². The Morgan fingerprint density at radius 3 is 2.72 bits per heavy atom. The molecule has 1 amide bonds. The topological polar surface area (TPSA) is 29.1 Å². The Kier molecular flexibility index (Phi) is 3.55. The summed E-state index contributed by atoms with van der Waals surface area (Å²) in [4.78, 5) is 11.8. The second kappa shape index (κ2) is 4.97. The predicted molar refractivity (Wildman–Crippen MR) is 74.6 cm³/mol. The van der Waals surface area contributed by atoms with Crippen LogP contribution in [-0.2, 0) is 11.2 Å². The summed E-state index contributed by atoms with van der Waals surface area (Å²) >= 11 is 0. The summed E-state index contributed by atoms with van der Waals surface area (Å²) in [7, 11) is 0. The van der Waals surface area contributed by atoms with Crippen LogP contribution in [0.25, 0.3) is 0 Å². The molecule has 0 spiro atoms. The van der Waals surface area contributed by atoms with E-state index in [0.717, 1.165) is 18.4 Å². The number of benzene rings is 1. The second-order valence-corrected chi connectivity index (χ2v) is 5.48. The van der Waals surface area contributed by atoms with Gasteiger partial charge in [-0.05, 0) is 57.2 Å². The molecule has 1 aromatic carbocycles. The van der Waals surface area contributed by atoms with Gasteiger partial charge in [-0.25, -0.2) is 0 Å². The zero-order chi connectivity index (χ0) is 13.3. The fraction of sp³-hybridized carbons (Fsp3) is 0.438. The fourth-order valence-electron chi connectivity index (χ4n) is 2.84. The normalized spacial score (nSPS) is 17.2. The number of aryl methyl sites for hydroxylation is 3. The van der Waals surface area contributed by atoms with Gasteiger partial charge in [0.1, 0.15) is 0 Å². The summed E-state index contributed by atoms with van der Waals surface area (Å²) in [5.74, 6) is 0.0211. The lowest BCUT2D eigenvalue weighted by atomic mass is 9.99. The van der Waals surface area contributed by atoms with Crippen molar-refractivity contribution in [3.8, 4) is 0 Å². The molecule has 0 radical (unpaired) electrons. The van der Waals surface area contributed by atoms with Crippen molar-refractivity contribution in [3.05, 3.63) is 46.0 Å². The van der Waals surface area contributed by atoms with Gasteiger partial charge >= 0.3 is 0 Å². The van der Waals surface area contributed by atoms with E-state index in [2.05, 4.69) is 31.3 Å². The van der Waals surface area contributed by atoms with Gasteiger partial charge in [0.25, 0.3) is 0 Å². The van der Waals surface area contributed by atoms with Crippen LogP contribution in [0.1, 0.15) is 48.6 Å². The number of fused-ring (bicyclic) bond motifs is 1. The second-order valence-electron chi connectivity index (χ2n) is 5.48. The highest BCUT2D eigenvalue weighted by Crippen LogP contribution is 2.34. The van der Waals surface area contributed by atoms with Crippen molar-refractivity contribution in [2.24, 2.45) is 0 Å². The maximum atomic E-state index is 11.8. The molecule has 0 aromatic heterocycles. The van der Waals surface area contributed by atoms with Gasteiger partial charge in [-0.15, -0.1) is 0 Å². The van der Waals surface area contributed by atoms with Crippen LogP contribution >= 0.6 is 0 Å². The largest absolute Gasteiger partial charge is 0.346 e. The first-order valence-corrected chi connectivity index (χ1v) is 6.53. The molecule has 1 aliphatic rings. The van der Waals surface area contributed by atoms with Gasteiger partial charge in [0.2, 0.25) is 5.91 Å². The average molecular weight is 243 g/mol. The highest BCUT2D eigenvalue weighted by Gasteiger charge is 2.25. The maximum Gasteiger partial charge on any atom is 0.244 e. The van der Waals surface area contributed by atoms with E-state index in [4.69, 9.17) is 0 Å². The van der Waals surface area contributed by atoms with Gasteiger partial charge in [0.15, 0.2) is 0 Å². The van der Waals surface area contributed by atoms with Crippen molar-refractivity contribution in [2.75, 3.05) is 0 Å². The highest BCUT2D eigenvalue weighted by atomic mass is 16.1. The Bertz CT molecular complexity index is 510. The molecule has 1 aromatic rings. The quantitative estimate of drug-likeness (QED) is 0.793. The number of amides is 1. The van der Waals surface area contributed by atoms with Gasteiger partial charge in [0.05, 0.1) is 6.04 Å². The lowest BCUT2D eigenvalue weighted by molar-refractivity contribution is -0.117. The molecule has 0 aliphatic heterocycles. The van der Waals surface area contributed by atoms with Gasteiger partial charge in [0, 0.05) is 6.08 Å². The van der Waals surface area contributed by atoms with Crippen molar-refractivity contribution in [1.29, 1.82) is 0 Å². The first-order chi connectivity index (χ1) is 8.47. The maximum absolute atomic E-state index is 11.8. The minimum absolute atomic E-state index is 0.0211. The summed E-state index contributed by atoms with van der Waals surface area (Å²) in [5, 5.41) is 3.11. The van der Waals surface area contributed by atoms with Crippen molar-refractivity contribution in [3.63, 3.8) is 0 Å². The predicted octanol–water partition coefficient (Wildman–Crippen LogP) is 3.37. The minimum atomic E-state index is 0.0211. The molecule has 1 atom stereocenters. The first-order valence-electron chi connectivity index (χ1n) is 6.53. The van der Waals surface area contributed by atoms with Gasteiger partial charge in [-0.3, -0.25) is 4.79 Å². The monoisotopic (exact) mass is 243 g/mol. The van der Waals surface area contributed by atoms with E-state index in [1.165, 1.54) is 22.3 Å². The zero-order valence-electron chi connectivity index (χ0n) is 11.6. The van der Waals surface area contributed by atoms with Crippen LogP contribution in [0.4, 0.5) is 0 Å². The molecule has 1 N–H and O–H groups in total. The Labute approximate surface area is 109 Å². The van der Waals surface area contributed by atoms with Gasteiger partial charge in [-0.2, -0.15) is 0 Å². The smallest absolute Gasteiger partial charge is 0.244 e. The summed E-state index contributed by atoms with van der Waals surface area (Å²) < 4.78 is 0. The molecule has 18 heavy (non-hydrogen) atoms. The third-order valence-electron chi connectivity index (χ3n) is 3.40. The summed E-state index contributed by atoms with van der Waals surface area (Å²) in [5.41, 5.74) is 6.37. The molecule has 0 saturated heterocycles. The summed E-state index contributed by atoms with van der Waals surface area (Å²) in [6.07, 6.45) is 3.75. The SMILES string of the molecule is CC(C)=CC(=O)NC1CCc2cc(C)cc(C)c21.